The van der Waals surface area contributed by atoms with Crippen molar-refractivity contribution in [1.29, 1.82) is 0 Å². The fraction of sp³-hybridized carbons (Fsp3) is 0.900. The predicted octanol–water partition coefficient (Wildman–Crippen LogP) is 4.37. The van der Waals surface area contributed by atoms with Crippen LogP contribution < -0.4 is 0 Å². The van der Waals surface area contributed by atoms with Gasteiger partial charge in [0, 0.05) is 0 Å². The maximum Gasteiger partial charge on any atom is 0.332 e. The fourth-order valence-corrected chi connectivity index (χ4v) is 2.48. The van der Waals surface area contributed by atoms with Gasteiger partial charge in [0.1, 0.15) is 0 Å². The Labute approximate surface area is 158 Å². The molecule has 0 saturated carbocycles. The quantitative estimate of drug-likeness (QED) is 0.297. The Morgan fingerprint density at radius 1 is 0.577 bits per heavy atom. The van der Waals surface area contributed by atoms with E-state index in [0.29, 0.717) is 12.8 Å². The van der Waals surface area contributed by atoms with Gasteiger partial charge in [-0.3, -0.25) is 0 Å². The lowest BCUT2D eigenvalue weighted by atomic mass is 10.1. The van der Waals surface area contributed by atoms with E-state index in [4.69, 9.17) is 20.4 Å². The molecular weight excluding hydrogens is 336 g/mol. The lowest BCUT2D eigenvalue weighted by Crippen LogP contribution is -2.18. The molecule has 0 bridgehead atoms. The van der Waals surface area contributed by atoms with Crippen molar-refractivity contribution in [1.82, 2.24) is 0 Å². The van der Waals surface area contributed by atoms with Crippen LogP contribution in [0.15, 0.2) is 0 Å². The molecule has 2 unspecified atom stereocenters. The van der Waals surface area contributed by atoms with E-state index in [0.717, 1.165) is 38.5 Å². The number of unbranched alkanes of at least 4 members (excludes halogenated alkanes) is 10. The molecule has 0 aliphatic heterocycles. The van der Waals surface area contributed by atoms with E-state index < -0.39 is 24.1 Å². The Balaban J connectivity index is 0. The maximum atomic E-state index is 10.2. The van der Waals surface area contributed by atoms with Gasteiger partial charge in [-0.2, -0.15) is 0 Å². The van der Waals surface area contributed by atoms with Crippen LogP contribution in [0.1, 0.15) is 104 Å². The van der Waals surface area contributed by atoms with Gasteiger partial charge in [0.25, 0.3) is 0 Å². The second-order valence-electron chi connectivity index (χ2n) is 6.82. The monoisotopic (exact) mass is 376 g/mol. The summed E-state index contributed by atoms with van der Waals surface area (Å²) in [5, 5.41) is 34.6. The molecule has 0 aromatic heterocycles. The Morgan fingerprint density at radius 3 is 1.12 bits per heavy atom. The third kappa shape index (κ3) is 20.9. The van der Waals surface area contributed by atoms with Gasteiger partial charge in [-0.1, -0.05) is 90.9 Å². The van der Waals surface area contributed by atoms with Crippen LogP contribution in [0.4, 0.5) is 0 Å². The Morgan fingerprint density at radius 2 is 0.846 bits per heavy atom. The molecule has 4 N–H and O–H groups in total. The summed E-state index contributed by atoms with van der Waals surface area (Å²) in [6.07, 6.45) is 11.8. The summed E-state index contributed by atoms with van der Waals surface area (Å²) in [4.78, 5) is 20.4. The summed E-state index contributed by atoms with van der Waals surface area (Å²) >= 11 is 0. The number of hydrogen-bond acceptors (Lipinski definition) is 4. The van der Waals surface area contributed by atoms with Gasteiger partial charge in [-0.25, -0.2) is 9.59 Å². The lowest BCUT2D eigenvalue weighted by Gasteiger charge is -2.04. The molecule has 6 heteroatoms. The summed E-state index contributed by atoms with van der Waals surface area (Å²) < 4.78 is 0. The third-order valence-corrected chi connectivity index (χ3v) is 4.23. The van der Waals surface area contributed by atoms with E-state index in [1.165, 1.54) is 38.5 Å². The normalized spacial score (nSPS) is 12.8. The van der Waals surface area contributed by atoms with Crippen molar-refractivity contribution in [3.63, 3.8) is 0 Å². The number of aliphatic hydroxyl groups excluding tert-OH is 2. The summed E-state index contributed by atoms with van der Waals surface area (Å²) in [5.41, 5.74) is 0. The van der Waals surface area contributed by atoms with Gasteiger partial charge >= 0.3 is 11.9 Å². The van der Waals surface area contributed by atoms with E-state index in [-0.39, 0.29) is 0 Å². The Bertz CT molecular complexity index is 300. The highest BCUT2D eigenvalue weighted by atomic mass is 16.4. The standard InChI is InChI=1S/2C10H20O3/c2*1-2-3-4-5-6-7-8-9(11)10(12)13/h2*9,11H,2-8H2,1H3,(H,12,13). The summed E-state index contributed by atoms with van der Waals surface area (Å²) in [6.45, 7) is 4.32. The molecule has 0 aromatic carbocycles. The highest BCUT2D eigenvalue weighted by Crippen LogP contribution is 2.09. The van der Waals surface area contributed by atoms with E-state index >= 15 is 0 Å². The highest BCUT2D eigenvalue weighted by Gasteiger charge is 2.12. The van der Waals surface area contributed by atoms with Crippen molar-refractivity contribution in [2.45, 2.75) is 116 Å². The molecule has 0 aromatic rings. The van der Waals surface area contributed by atoms with E-state index in [1.54, 1.807) is 0 Å². The molecule has 0 radical (unpaired) electrons. The maximum absolute atomic E-state index is 10.2. The Kier molecular flexibility index (Phi) is 21.0. The van der Waals surface area contributed by atoms with E-state index in [1.807, 2.05) is 0 Å². The largest absolute Gasteiger partial charge is 0.479 e. The molecule has 0 fully saturated rings. The van der Waals surface area contributed by atoms with Gasteiger partial charge in [0.15, 0.2) is 12.2 Å². The van der Waals surface area contributed by atoms with Gasteiger partial charge in [0.2, 0.25) is 0 Å². The first-order valence-electron chi connectivity index (χ1n) is 10.2. The van der Waals surface area contributed by atoms with E-state index in [2.05, 4.69) is 13.8 Å². The van der Waals surface area contributed by atoms with Gasteiger partial charge in [0.05, 0.1) is 0 Å². The summed E-state index contributed by atoms with van der Waals surface area (Å²) in [5.74, 6) is -2.21. The van der Waals surface area contributed by atoms with Crippen LogP contribution in [0.25, 0.3) is 0 Å². The van der Waals surface area contributed by atoms with Gasteiger partial charge in [-0.15, -0.1) is 0 Å². The zero-order valence-electron chi connectivity index (χ0n) is 16.7. The average Bonchev–Trinajstić information content (AvgIpc) is 2.60. The fourth-order valence-electron chi connectivity index (χ4n) is 2.48. The third-order valence-electron chi connectivity index (χ3n) is 4.23. The molecule has 6 nitrogen and oxygen atoms in total. The lowest BCUT2D eigenvalue weighted by molar-refractivity contribution is -0.147. The number of aliphatic hydroxyl groups is 2. The number of aliphatic carboxylic acids is 2. The number of carboxylic acids is 2. The molecule has 156 valence electrons. The molecule has 0 aliphatic rings. The predicted molar refractivity (Wildman–Crippen MR) is 103 cm³/mol. The molecule has 0 aliphatic carbocycles. The molecular formula is C20H40O6. The van der Waals surface area contributed by atoms with E-state index in [9.17, 15) is 9.59 Å². The first-order valence-corrected chi connectivity index (χ1v) is 10.2. The molecule has 2 atom stereocenters. The van der Waals surface area contributed by atoms with Crippen LogP contribution in [0.5, 0.6) is 0 Å². The molecule has 0 amide bonds. The molecule has 0 saturated heterocycles. The van der Waals surface area contributed by atoms with Gasteiger partial charge < -0.3 is 20.4 Å². The summed E-state index contributed by atoms with van der Waals surface area (Å²) in [7, 11) is 0. The minimum Gasteiger partial charge on any atom is -0.479 e. The van der Waals surface area contributed by atoms with Crippen LogP contribution in [0, 0.1) is 0 Å². The van der Waals surface area contributed by atoms with Crippen molar-refractivity contribution in [3.8, 4) is 0 Å². The molecule has 0 heterocycles. The second-order valence-corrected chi connectivity index (χ2v) is 6.82. The number of carboxylic acid groups (broad SMARTS) is 2. The van der Waals surface area contributed by atoms with Crippen LogP contribution in [-0.4, -0.2) is 44.6 Å². The first-order chi connectivity index (χ1) is 12.4. The first kappa shape index (κ1) is 27.1. The topological polar surface area (TPSA) is 115 Å². The van der Waals surface area contributed by atoms with Crippen molar-refractivity contribution in [2.75, 3.05) is 0 Å². The average molecular weight is 377 g/mol. The minimum absolute atomic E-state index is 0.390. The van der Waals surface area contributed by atoms with Crippen LogP contribution in [0.3, 0.4) is 0 Å². The highest BCUT2D eigenvalue weighted by molar-refractivity contribution is 5.72. The number of hydrogen-bond donors (Lipinski definition) is 4. The smallest absolute Gasteiger partial charge is 0.332 e. The van der Waals surface area contributed by atoms with Crippen LogP contribution in [-0.2, 0) is 9.59 Å². The van der Waals surface area contributed by atoms with Crippen molar-refractivity contribution < 1.29 is 30.0 Å². The van der Waals surface area contributed by atoms with Crippen molar-refractivity contribution in [3.05, 3.63) is 0 Å². The summed E-state index contributed by atoms with van der Waals surface area (Å²) in [6, 6.07) is 0. The Hall–Kier alpha value is -1.14. The SMILES string of the molecule is CCCCCCCCC(O)C(=O)O.CCCCCCCCC(O)C(=O)O. The number of carbonyl (C=O) groups is 2. The van der Waals surface area contributed by atoms with Crippen molar-refractivity contribution >= 4 is 11.9 Å². The molecule has 26 heavy (non-hydrogen) atoms. The van der Waals surface area contributed by atoms with Crippen molar-refractivity contribution in [2.24, 2.45) is 0 Å². The molecule has 0 spiro atoms. The minimum atomic E-state index is -1.16. The zero-order valence-corrected chi connectivity index (χ0v) is 16.7. The van der Waals surface area contributed by atoms with Crippen LogP contribution >= 0.6 is 0 Å². The zero-order chi connectivity index (χ0) is 20.2. The number of rotatable bonds is 16. The second kappa shape index (κ2) is 20.2. The van der Waals surface area contributed by atoms with Crippen LogP contribution in [0.2, 0.25) is 0 Å². The van der Waals surface area contributed by atoms with Gasteiger partial charge in [-0.05, 0) is 12.8 Å². The molecule has 0 rings (SSSR count).